The van der Waals surface area contributed by atoms with Gasteiger partial charge in [0.2, 0.25) is 0 Å². The molecule has 1 aromatic rings. The number of para-hydroxylation sites is 1. The zero-order valence-corrected chi connectivity index (χ0v) is 10.3. The minimum atomic E-state index is 0.00580. The highest BCUT2D eigenvalue weighted by Gasteiger charge is 2.35. The molecule has 18 heavy (non-hydrogen) atoms. The van der Waals surface area contributed by atoms with Crippen molar-refractivity contribution in [1.82, 2.24) is 0 Å². The molecule has 3 heteroatoms. The molecule has 0 saturated carbocycles. The van der Waals surface area contributed by atoms with E-state index >= 15 is 0 Å². The van der Waals surface area contributed by atoms with Crippen LogP contribution in [0.3, 0.4) is 0 Å². The number of amides is 1. The SMILES string of the molecule is [NH3+]C(=O)CCN1c2ccccc2C2C=CC=CC21. The van der Waals surface area contributed by atoms with Crippen LogP contribution in [0.1, 0.15) is 17.9 Å². The van der Waals surface area contributed by atoms with E-state index in [-0.39, 0.29) is 5.91 Å². The average molecular weight is 241 g/mol. The Kier molecular flexibility index (Phi) is 2.76. The lowest BCUT2D eigenvalue weighted by Crippen LogP contribution is -2.57. The largest absolute Gasteiger partial charge is 0.363 e. The average Bonchev–Trinajstić information content (AvgIpc) is 2.71. The molecule has 1 aliphatic carbocycles. The van der Waals surface area contributed by atoms with Gasteiger partial charge in [0.25, 0.3) is 0 Å². The number of anilines is 1. The molecular formula is C15H17N2O+. The molecule has 2 atom stereocenters. The summed E-state index contributed by atoms with van der Waals surface area (Å²) in [4.78, 5) is 13.4. The monoisotopic (exact) mass is 241 g/mol. The van der Waals surface area contributed by atoms with Crippen LogP contribution in [-0.2, 0) is 4.79 Å². The first-order valence-corrected chi connectivity index (χ1v) is 6.33. The minimum Gasteiger partial charge on any atom is -0.363 e. The standard InChI is InChI=1S/C15H16N2O/c16-15(18)9-10-17-13-7-3-1-5-11(13)12-6-2-4-8-14(12)17/h1-8,11,13H,9-10H2,(H2,16,18)/p+1. The van der Waals surface area contributed by atoms with Gasteiger partial charge in [-0.1, -0.05) is 42.5 Å². The van der Waals surface area contributed by atoms with Crippen molar-refractivity contribution in [1.29, 1.82) is 0 Å². The van der Waals surface area contributed by atoms with Crippen molar-refractivity contribution in [2.24, 2.45) is 0 Å². The molecular weight excluding hydrogens is 224 g/mol. The smallest absolute Gasteiger partial charge is 0.310 e. The van der Waals surface area contributed by atoms with Gasteiger partial charge < -0.3 is 4.90 Å². The van der Waals surface area contributed by atoms with Gasteiger partial charge in [0, 0.05) is 18.2 Å². The van der Waals surface area contributed by atoms with Gasteiger partial charge in [0.05, 0.1) is 12.5 Å². The number of quaternary nitrogens is 1. The van der Waals surface area contributed by atoms with Gasteiger partial charge in [0.15, 0.2) is 0 Å². The molecule has 2 aliphatic rings. The summed E-state index contributed by atoms with van der Waals surface area (Å²) in [7, 11) is 0. The summed E-state index contributed by atoms with van der Waals surface area (Å²) in [6.45, 7) is 0.749. The van der Waals surface area contributed by atoms with Crippen LogP contribution in [-0.4, -0.2) is 18.5 Å². The quantitative estimate of drug-likeness (QED) is 0.865. The lowest BCUT2D eigenvalue weighted by molar-refractivity contribution is -0.305. The van der Waals surface area contributed by atoms with Crippen molar-refractivity contribution in [2.45, 2.75) is 18.4 Å². The van der Waals surface area contributed by atoms with Gasteiger partial charge >= 0.3 is 5.91 Å². The number of benzene rings is 1. The second-order valence-corrected chi connectivity index (χ2v) is 4.83. The molecule has 1 aromatic carbocycles. The molecule has 0 fully saturated rings. The molecule has 1 aliphatic heterocycles. The fourth-order valence-corrected chi connectivity index (χ4v) is 2.89. The molecule has 0 bridgehead atoms. The van der Waals surface area contributed by atoms with Gasteiger partial charge in [-0.3, -0.25) is 5.73 Å². The van der Waals surface area contributed by atoms with Gasteiger partial charge in [-0.2, -0.15) is 0 Å². The van der Waals surface area contributed by atoms with Gasteiger partial charge in [-0.15, -0.1) is 0 Å². The third kappa shape index (κ3) is 1.77. The van der Waals surface area contributed by atoms with E-state index in [0.29, 0.717) is 18.4 Å². The summed E-state index contributed by atoms with van der Waals surface area (Å²) < 4.78 is 0. The van der Waals surface area contributed by atoms with Gasteiger partial charge in [0.1, 0.15) is 0 Å². The maximum atomic E-state index is 11.1. The van der Waals surface area contributed by atoms with E-state index in [1.165, 1.54) is 11.3 Å². The number of nitrogens with zero attached hydrogens (tertiary/aromatic N) is 1. The molecule has 0 aromatic heterocycles. The normalized spacial score (nSPS) is 23.9. The van der Waals surface area contributed by atoms with E-state index in [2.05, 4.69) is 59.2 Å². The number of fused-ring (bicyclic) bond motifs is 3. The molecule has 1 heterocycles. The summed E-state index contributed by atoms with van der Waals surface area (Å²) in [6, 6.07) is 8.82. The number of carbonyl (C=O) groups is 1. The lowest BCUT2D eigenvalue weighted by Gasteiger charge is -2.27. The van der Waals surface area contributed by atoms with Crippen molar-refractivity contribution < 1.29 is 10.5 Å². The van der Waals surface area contributed by atoms with Gasteiger partial charge in [-0.25, -0.2) is 4.79 Å². The zero-order chi connectivity index (χ0) is 12.5. The molecule has 3 rings (SSSR count). The maximum absolute atomic E-state index is 11.1. The third-order valence-corrected chi connectivity index (χ3v) is 3.70. The molecule has 0 radical (unpaired) electrons. The van der Waals surface area contributed by atoms with E-state index < -0.39 is 0 Å². The number of hydrogen-bond donors (Lipinski definition) is 1. The fraction of sp³-hybridized carbons (Fsp3) is 0.267. The Morgan fingerprint density at radius 1 is 1.22 bits per heavy atom. The van der Waals surface area contributed by atoms with Crippen LogP contribution >= 0.6 is 0 Å². The Morgan fingerprint density at radius 3 is 2.83 bits per heavy atom. The second kappa shape index (κ2) is 4.42. The lowest BCUT2D eigenvalue weighted by atomic mass is 9.91. The third-order valence-electron chi connectivity index (χ3n) is 3.70. The van der Waals surface area contributed by atoms with Crippen molar-refractivity contribution in [3.8, 4) is 0 Å². The Hall–Kier alpha value is -1.87. The summed E-state index contributed by atoms with van der Waals surface area (Å²) in [6.07, 6.45) is 9.17. The Morgan fingerprint density at radius 2 is 2.00 bits per heavy atom. The van der Waals surface area contributed by atoms with E-state index in [1.54, 1.807) is 0 Å². The van der Waals surface area contributed by atoms with E-state index in [0.717, 1.165) is 6.54 Å². The maximum Gasteiger partial charge on any atom is 0.310 e. The molecule has 3 N–H and O–H groups in total. The van der Waals surface area contributed by atoms with E-state index in [9.17, 15) is 4.79 Å². The second-order valence-electron chi connectivity index (χ2n) is 4.83. The highest BCUT2D eigenvalue weighted by molar-refractivity contribution is 5.69. The first kappa shape index (κ1) is 11.2. The van der Waals surface area contributed by atoms with Crippen LogP contribution in [0.25, 0.3) is 0 Å². The first-order valence-electron chi connectivity index (χ1n) is 6.33. The predicted octanol–water partition coefficient (Wildman–Crippen LogP) is 1.24. The Bertz CT molecular complexity index is 533. The highest BCUT2D eigenvalue weighted by Crippen LogP contribution is 2.43. The number of allylic oxidation sites excluding steroid dienone is 2. The summed E-state index contributed by atoms with van der Waals surface area (Å²) >= 11 is 0. The number of carbonyl (C=O) groups excluding carboxylic acids is 1. The minimum absolute atomic E-state index is 0.00580. The molecule has 0 saturated heterocycles. The highest BCUT2D eigenvalue weighted by atomic mass is 16.1. The van der Waals surface area contributed by atoms with E-state index in [1.807, 2.05) is 0 Å². The van der Waals surface area contributed by atoms with Gasteiger partial charge in [-0.05, 0) is 11.6 Å². The van der Waals surface area contributed by atoms with Crippen LogP contribution < -0.4 is 10.6 Å². The van der Waals surface area contributed by atoms with Crippen LogP contribution in [0.4, 0.5) is 5.69 Å². The number of rotatable bonds is 3. The Labute approximate surface area is 107 Å². The summed E-state index contributed by atoms with van der Waals surface area (Å²) in [5, 5.41) is 0. The Balaban J connectivity index is 1.95. The first-order chi connectivity index (χ1) is 8.77. The van der Waals surface area contributed by atoms with Crippen LogP contribution in [0, 0.1) is 0 Å². The molecule has 1 amide bonds. The summed E-state index contributed by atoms with van der Waals surface area (Å²) in [5.41, 5.74) is 6.08. The van der Waals surface area contributed by atoms with Crippen molar-refractivity contribution in [3.05, 3.63) is 54.1 Å². The zero-order valence-electron chi connectivity index (χ0n) is 10.3. The molecule has 2 unspecified atom stereocenters. The molecule has 3 nitrogen and oxygen atoms in total. The molecule has 92 valence electrons. The summed E-state index contributed by atoms with van der Waals surface area (Å²) in [5.74, 6) is 0.428. The predicted molar refractivity (Wildman–Crippen MR) is 71.1 cm³/mol. The van der Waals surface area contributed by atoms with Crippen LogP contribution in [0.5, 0.6) is 0 Å². The topological polar surface area (TPSA) is 48.0 Å². The van der Waals surface area contributed by atoms with E-state index in [4.69, 9.17) is 0 Å². The van der Waals surface area contributed by atoms with Crippen molar-refractivity contribution >= 4 is 11.6 Å². The fourth-order valence-electron chi connectivity index (χ4n) is 2.89. The number of hydrogen-bond acceptors (Lipinski definition) is 2. The molecule has 0 spiro atoms. The van der Waals surface area contributed by atoms with Crippen molar-refractivity contribution in [3.63, 3.8) is 0 Å². The van der Waals surface area contributed by atoms with Crippen LogP contribution in [0.2, 0.25) is 0 Å². The van der Waals surface area contributed by atoms with Crippen LogP contribution in [0.15, 0.2) is 48.6 Å². The van der Waals surface area contributed by atoms with Crippen molar-refractivity contribution in [2.75, 3.05) is 11.4 Å².